The van der Waals surface area contributed by atoms with Crippen LogP contribution in [-0.4, -0.2) is 35.2 Å². The van der Waals surface area contributed by atoms with Gasteiger partial charge in [-0.05, 0) is 24.9 Å². The Morgan fingerprint density at radius 2 is 2.18 bits per heavy atom. The number of carbonyl (C=O) groups is 1. The third kappa shape index (κ3) is 3.75. The Morgan fingerprint density at radius 1 is 1.41 bits per heavy atom. The van der Waals surface area contributed by atoms with E-state index in [4.69, 9.17) is 5.11 Å². The normalized spacial score (nSPS) is 21.1. The summed E-state index contributed by atoms with van der Waals surface area (Å²) in [6, 6.07) is 10.4. The van der Waals surface area contributed by atoms with Gasteiger partial charge in [-0.25, -0.2) is 4.79 Å². The topological polar surface area (TPSA) is 52.6 Å². The molecule has 1 aromatic rings. The standard InChI is InChI=1S/C13H18N2O2/c16-13(17)14-12-7-4-8-15(10-12)9-11-5-2-1-3-6-11/h1-3,5-6,12,14H,4,7-10H2,(H,16,17). The predicted molar refractivity (Wildman–Crippen MR) is 65.9 cm³/mol. The highest BCUT2D eigenvalue weighted by Crippen LogP contribution is 2.13. The van der Waals surface area contributed by atoms with Gasteiger partial charge in [0, 0.05) is 19.1 Å². The summed E-state index contributed by atoms with van der Waals surface area (Å²) in [5, 5.41) is 11.3. The molecule has 1 saturated heterocycles. The minimum absolute atomic E-state index is 0.0740. The molecule has 17 heavy (non-hydrogen) atoms. The summed E-state index contributed by atoms with van der Waals surface area (Å²) in [7, 11) is 0. The van der Waals surface area contributed by atoms with Gasteiger partial charge in [0.05, 0.1) is 0 Å². The molecular weight excluding hydrogens is 216 g/mol. The molecule has 1 unspecified atom stereocenters. The number of likely N-dealkylation sites (tertiary alicyclic amines) is 1. The highest BCUT2D eigenvalue weighted by atomic mass is 16.4. The number of hydrogen-bond donors (Lipinski definition) is 2. The highest BCUT2D eigenvalue weighted by Gasteiger charge is 2.20. The van der Waals surface area contributed by atoms with Crippen molar-refractivity contribution < 1.29 is 9.90 Å². The molecule has 2 N–H and O–H groups in total. The molecule has 1 aromatic carbocycles. The summed E-state index contributed by atoms with van der Waals surface area (Å²) in [6.45, 7) is 2.76. The maximum absolute atomic E-state index is 10.6. The minimum atomic E-state index is -0.920. The molecular formula is C13H18N2O2. The van der Waals surface area contributed by atoms with Gasteiger partial charge in [-0.3, -0.25) is 4.90 Å². The number of amides is 1. The van der Waals surface area contributed by atoms with Gasteiger partial charge in [-0.2, -0.15) is 0 Å². The molecule has 1 aliphatic heterocycles. The van der Waals surface area contributed by atoms with E-state index in [0.717, 1.165) is 32.5 Å². The molecule has 1 amide bonds. The molecule has 0 spiro atoms. The third-order valence-electron chi connectivity index (χ3n) is 3.08. The number of hydrogen-bond acceptors (Lipinski definition) is 2. The van der Waals surface area contributed by atoms with Crippen molar-refractivity contribution in [1.82, 2.24) is 10.2 Å². The van der Waals surface area contributed by atoms with E-state index in [0.29, 0.717) is 0 Å². The number of carboxylic acid groups (broad SMARTS) is 1. The van der Waals surface area contributed by atoms with Gasteiger partial charge >= 0.3 is 6.09 Å². The summed E-state index contributed by atoms with van der Waals surface area (Å²) >= 11 is 0. The van der Waals surface area contributed by atoms with E-state index >= 15 is 0 Å². The zero-order valence-corrected chi connectivity index (χ0v) is 9.80. The van der Waals surface area contributed by atoms with Crippen molar-refractivity contribution >= 4 is 6.09 Å². The van der Waals surface area contributed by atoms with Crippen LogP contribution in [0.15, 0.2) is 30.3 Å². The first-order chi connectivity index (χ1) is 8.24. The summed E-state index contributed by atoms with van der Waals surface area (Å²) in [6.07, 6.45) is 1.08. The lowest BCUT2D eigenvalue weighted by Gasteiger charge is -2.32. The van der Waals surface area contributed by atoms with Crippen molar-refractivity contribution in [3.05, 3.63) is 35.9 Å². The Labute approximate surface area is 101 Å². The van der Waals surface area contributed by atoms with Gasteiger partial charge in [0.1, 0.15) is 0 Å². The summed E-state index contributed by atoms with van der Waals surface area (Å²) < 4.78 is 0. The lowest BCUT2D eigenvalue weighted by Crippen LogP contribution is -2.46. The molecule has 92 valence electrons. The van der Waals surface area contributed by atoms with Crippen molar-refractivity contribution in [3.8, 4) is 0 Å². The Morgan fingerprint density at radius 3 is 2.88 bits per heavy atom. The Balaban J connectivity index is 1.87. The van der Waals surface area contributed by atoms with Crippen LogP contribution in [0.3, 0.4) is 0 Å². The van der Waals surface area contributed by atoms with E-state index in [9.17, 15) is 4.79 Å². The molecule has 4 heteroatoms. The van der Waals surface area contributed by atoms with Crippen LogP contribution in [0.1, 0.15) is 18.4 Å². The van der Waals surface area contributed by atoms with Gasteiger partial charge < -0.3 is 10.4 Å². The minimum Gasteiger partial charge on any atom is -0.465 e. The number of nitrogens with zero attached hydrogens (tertiary/aromatic N) is 1. The fourth-order valence-electron chi connectivity index (χ4n) is 2.33. The zero-order valence-electron chi connectivity index (χ0n) is 9.80. The summed E-state index contributed by atoms with van der Waals surface area (Å²) in [5.74, 6) is 0. The van der Waals surface area contributed by atoms with Gasteiger partial charge in [-0.15, -0.1) is 0 Å². The van der Waals surface area contributed by atoms with E-state index in [-0.39, 0.29) is 6.04 Å². The zero-order chi connectivity index (χ0) is 12.1. The van der Waals surface area contributed by atoms with Crippen LogP contribution in [-0.2, 0) is 6.54 Å². The van der Waals surface area contributed by atoms with Crippen LogP contribution >= 0.6 is 0 Å². The van der Waals surface area contributed by atoms with Crippen molar-refractivity contribution in [1.29, 1.82) is 0 Å². The van der Waals surface area contributed by atoms with Crippen LogP contribution in [0.5, 0.6) is 0 Å². The molecule has 1 heterocycles. The average molecular weight is 234 g/mol. The van der Waals surface area contributed by atoms with Crippen LogP contribution < -0.4 is 5.32 Å². The number of nitrogens with one attached hydrogen (secondary N) is 1. The van der Waals surface area contributed by atoms with E-state index in [2.05, 4.69) is 22.3 Å². The van der Waals surface area contributed by atoms with Crippen LogP contribution in [0.2, 0.25) is 0 Å². The van der Waals surface area contributed by atoms with Gasteiger partial charge in [0.2, 0.25) is 0 Å². The summed E-state index contributed by atoms with van der Waals surface area (Å²) in [4.78, 5) is 12.9. The van der Waals surface area contributed by atoms with Crippen LogP contribution in [0.4, 0.5) is 4.79 Å². The predicted octanol–water partition coefficient (Wildman–Crippen LogP) is 1.92. The summed E-state index contributed by atoms with van der Waals surface area (Å²) in [5.41, 5.74) is 1.28. The quantitative estimate of drug-likeness (QED) is 0.840. The number of benzene rings is 1. The Bertz CT molecular complexity index is 367. The second-order valence-corrected chi connectivity index (χ2v) is 4.51. The van der Waals surface area contributed by atoms with Crippen molar-refractivity contribution in [3.63, 3.8) is 0 Å². The molecule has 0 radical (unpaired) electrons. The number of rotatable bonds is 3. The second-order valence-electron chi connectivity index (χ2n) is 4.51. The first-order valence-corrected chi connectivity index (χ1v) is 6.00. The van der Waals surface area contributed by atoms with E-state index in [1.807, 2.05) is 18.2 Å². The van der Waals surface area contributed by atoms with E-state index in [1.165, 1.54) is 5.56 Å². The second kappa shape index (κ2) is 5.68. The van der Waals surface area contributed by atoms with Gasteiger partial charge in [0.15, 0.2) is 0 Å². The van der Waals surface area contributed by atoms with Crippen molar-refractivity contribution in [2.45, 2.75) is 25.4 Å². The van der Waals surface area contributed by atoms with Crippen molar-refractivity contribution in [2.75, 3.05) is 13.1 Å². The lowest BCUT2D eigenvalue weighted by molar-refractivity contribution is 0.160. The van der Waals surface area contributed by atoms with Gasteiger partial charge in [-0.1, -0.05) is 30.3 Å². The van der Waals surface area contributed by atoms with Crippen LogP contribution in [0, 0.1) is 0 Å². The highest BCUT2D eigenvalue weighted by molar-refractivity contribution is 5.64. The van der Waals surface area contributed by atoms with E-state index < -0.39 is 6.09 Å². The maximum Gasteiger partial charge on any atom is 0.404 e. The molecule has 4 nitrogen and oxygen atoms in total. The first kappa shape index (κ1) is 11.9. The molecule has 0 saturated carbocycles. The van der Waals surface area contributed by atoms with Gasteiger partial charge in [0.25, 0.3) is 0 Å². The fourth-order valence-corrected chi connectivity index (χ4v) is 2.33. The molecule has 1 fully saturated rings. The average Bonchev–Trinajstić information content (AvgIpc) is 2.30. The fraction of sp³-hybridized carbons (Fsp3) is 0.462. The molecule has 2 rings (SSSR count). The van der Waals surface area contributed by atoms with E-state index in [1.54, 1.807) is 0 Å². The Hall–Kier alpha value is -1.55. The Kier molecular flexibility index (Phi) is 3.98. The first-order valence-electron chi connectivity index (χ1n) is 6.00. The van der Waals surface area contributed by atoms with Crippen LogP contribution in [0.25, 0.3) is 0 Å². The molecule has 0 aliphatic carbocycles. The largest absolute Gasteiger partial charge is 0.465 e. The van der Waals surface area contributed by atoms with Crippen molar-refractivity contribution in [2.24, 2.45) is 0 Å². The smallest absolute Gasteiger partial charge is 0.404 e. The molecule has 1 aliphatic rings. The SMILES string of the molecule is O=C(O)NC1CCCN(Cc2ccccc2)C1. The lowest BCUT2D eigenvalue weighted by atomic mass is 10.1. The molecule has 0 bridgehead atoms. The molecule has 1 atom stereocenters. The number of piperidine rings is 1. The monoisotopic (exact) mass is 234 g/mol. The maximum atomic E-state index is 10.6. The molecule has 0 aromatic heterocycles. The third-order valence-corrected chi connectivity index (χ3v) is 3.08.